The second-order valence-electron chi connectivity index (χ2n) is 17.4. The van der Waals surface area contributed by atoms with Crippen molar-refractivity contribution < 1.29 is 65.3 Å². The number of rotatable bonds is 12. The van der Waals surface area contributed by atoms with Crippen LogP contribution in [0.15, 0.2) is 84.7 Å². The van der Waals surface area contributed by atoms with Crippen LogP contribution < -0.4 is 16.0 Å². The molecule has 3 aliphatic heterocycles. The molecule has 0 spiro atoms. The minimum absolute atomic E-state index is 0.0134. The molecule has 2 aromatic carbocycles. The number of hydrogen-bond donors (Lipinski definition) is 2. The summed E-state index contributed by atoms with van der Waals surface area (Å²) in [5, 5.41) is 2.26. The average Bonchev–Trinajstić information content (AvgIpc) is 3.97. The highest BCUT2D eigenvalue weighted by Gasteiger charge is 2.36. The molecule has 73 heavy (non-hydrogen) atoms. The highest BCUT2D eigenvalue weighted by molar-refractivity contribution is 6.30. The smallest absolute Gasteiger partial charge is 0.409 e. The van der Waals surface area contributed by atoms with Crippen molar-refractivity contribution in [2.24, 2.45) is 5.73 Å². The molecule has 378 valence electrons. The Labute approximate surface area is 412 Å². The first-order valence-corrected chi connectivity index (χ1v) is 22.7. The van der Waals surface area contributed by atoms with Crippen molar-refractivity contribution in [1.29, 1.82) is 0 Å². The zero-order valence-electron chi connectivity index (χ0n) is 39.3. The topological polar surface area (TPSA) is 222 Å². The molecule has 7 heterocycles. The number of halogens is 4. The van der Waals surface area contributed by atoms with Gasteiger partial charge in [0.1, 0.15) is 34.6 Å². The van der Waals surface area contributed by atoms with Gasteiger partial charge in [0.15, 0.2) is 0 Å². The number of ether oxygens (including phenoxy) is 4. The lowest BCUT2D eigenvalue weighted by Gasteiger charge is -2.32. The molecule has 0 bridgehead atoms. The van der Waals surface area contributed by atoms with E-state index in [9.17, 15) is 28.8 Å². The number of nitrogens with two attached hydrogens (primary N) is 1. The summed E-state index contributed by atoms with van der Waals surface area (Å²) < 4.78 is 89.9. The highest BCUT2D eigenvalue weighted by Crippen LogP contribution is 2.37. The third-order valence-corrected chi connectivity index (χ3v) is 12.5. The van der Waals surface area contributed by atoms with E-state index >= 15 is 17.6 Å². The first-order chi connectivity index (χ1) is 35.0. The Bertz CT molecular complexity index is 3290. The number of nitrogens with one attached hydrogen (secondary N) is 1. The molecule has 0 radical (unpaired) electrons. The number of imidazole rings is 2. The quantitative estimate of drug-likeness (QED) is 0.0916. The van der Waals surface area contributed by atoms with E-state index in [1.807, 2.05) is 6.92 Å². The molecule has 3 aliphatic rings. The number of pyridine rings is 2. The highest BCUT2D eigenvalue weighted by atomic mass is 19.1. The van der Waals surface area contributed by atoms with E-state index in [0.29, 0.717) is 28.3 Å². The molecule has 3 N–H and O–H groups in total. The summed E-state index contributed by atoms with van der Waals surface area (Å²) >= 11 is 0. The number of imide groups is 1. The van der Waals surface area contributed by atoms with Crippen LogP contribution in [0.3, 0.4) is 0 Å². The van der Waals surface area contributed by atoms with Crippen molar-refractivity contribution in [3.63, 3.8) is 0 Å². The Morgan fingerprint density at radius 2 is 1.27 bits per heavy atom. The summed E-state index contributed by atoms with van der Waals surface area (Å²) in [7, 11) is 2.50. The number of fused-ring (bicyclic) bond motifs is 2. The SMILES string of the molecule is COC(=O)N1CCO[C@@H](Cc2c(-c3c(F)cc(N4C(=O)C=C(Cc5ccn6c(C[C@H]7CN(C(=O)OC)CCO7)c(-c7c(F)cc(NC(=O)/C=C/C(N)=O)cc7F)nc6c5)C4=O)cc3F)nc3cc(C)ccn23)C1. The molecule has 0 aliphatic carbocycles. The number of benzene rings is 2. The summed E-state index contributed by atoms with van der Waals surface area (Å²) in [6.07, 6.45) is 3.38. The third kappa shape index (κ3) is 10.1. The summed E-state index contributed by atoms with van der Waals surface area (Å²) in [4.78, 5) is 88.3. The van der Waals surface area contributed by atoms with Crippen molar-refractivity contribution >= 4 is 58.5 Å². The van der Waals surface area contributed by atoms with Crippen LogP contribution in [-0.2, 0) is 57.4 Å². The average molecular weight is 1010 g/mol. The fourth-order valence-electron chi connectivity index (χ4n) is 9.18. The minimum Gasteiger partial charge on any atom is -0.453 e. The number of methoxy groups -OCH3 is 2. The number of aryl methyl sites for hydroxylation is 1. The van der Waals surface area contributed by atoms with Crippen LogP contribution in [0.2, 0.25) is 0 Å². The molecule has 2 fully saturated rings. The van der Waals surface area contributed by atoms with Crippen LogP contribution in [0, 0.1) is 30.2 Å². The molecule has 23 heteroatoms. The summed E-state index contributed by atoms with van der Waals surface area (Å²) in [6.45, 7) is 2.93. The molecule has 2 saturated heterocycles. The number of anilines is 2. The van der Waals surface area contributed by atoms with Crippen molar-refractivity contribution in [1.82, 2.24) is 28.6 Å². The van der Waals surface area contributed by atoms with Gasteiger partial charge in [-0.15, -0.1) is 0 Å². The Morgan fingerprint density at radius 3 is 1.81 bits per heavy atom. The van der Waals surface area contributed by atoms with Crippen LogP contribution in [0.1, 0.15) is 22.5 Å². The van der Waals surface area contributed by atoms with Crippen molar-refractivity contribution in [3.8, 4) is 22.5 Å². The van der Waals surface area contributed by atoms with E-state index in [-0.39, 0.29) is 91.8 Å². The first kappa shape index (κ1) is 49.5. The van der Waals surface area contributed by atoms with Gasteiger partial charge >= 0.3 is 12.2 Å². The van der Waals surface area contributed by atoms with Gasteiger partial charge in [-0.25, -0.2) is 42.0 Å². The van der Waals surface area contributed by atoms with Crippen LogP contribution in [0.4, 0.5) is 38.5 Å². The maximum Gasteiger partial charge on any atom is 0.409 e. The van der Waals surface area contributed by atoms with Gasteiger partial charge < -0.3 is 48.6 Å². The number of amides is 6. The van der Waals surface area contributed by atoms with E-state index in [0.717, 1.165) is 48.1 Å². The van der Waals surface area contributed by atoms with E-state index in [1.54, 1.807) is 39.4 Å². The number of primary amides is 1. The largest absolute Gasteiger partial charge is 0.453 e. The van der Waals surface area contributed by atoms with E-state index in [2.05, 4.69) is 15.3 Å². The van der Waals surface area contributed by atoms with Gasteiger partial charge in [0, 0.05) is 74.2 Å². The van der Waals surface area contributed by atoms with E-state index < -0.39 is 82.4 Å². The molecule has 19 nitrogen and oxygen atoms in total. The van der Waals surface area contributed by atoms with Crippen molar-refractivity contribution in [2.75, 3.05) is 63.8 Å². The van der Waals surface area contributed by atoms with Gasteiger partial charge in [-0.2, -0.15) is 0 Å². The van der Waals surface area contributed by atoms with Crippen molar-refractivity contribution in [3.05, 3.63) is 131 Å². The molecular formula is C50H45F4N9O10. The maximum atomic E-state index is 16.4. The first-order valence-electron chi connectivity index (χ1n) is 22.7. The Balaban J connectivity index is 0.996. The maximum absolute atomic E-state index is 16.4. The normalized spacial score (nSPS) is 17.2. The van der Waals surface area contributed by atoms with Crippen LogP contribution >= 0.6 is 0 Å². The zero-order chi connectivity index (χ0) is 51.8. The van der Waals surface area contributed by atoms with Gasteiger partial charge in [-0.1, -0.05) is 0 Å². The van der Waals surface area contributed by atoms with Crippen LogP contribution in [-0.4, -0.2) is 130 Å². The number of hydrogen-bond acceptors (Lipinski definition) is 12. The lowest BCUT2D eigenvalue weighted by atomic mass is 10.0. The zero-order valence-corrected chi connectivity index (χ0v) is 39.3. The fourth-order valence-corrected chi connectivity index (χ4v) is 9.18. The second kappa shape index (κ2) is 20.4. The van der Waals surface area contributed by atoms with Crippen LogP contribution in [0.25, 0.3) is 33.8 Å². The van der Waals surface area contributed by atoms with E-state index in [4.69, 9.17) is 24.7 Å². The molecule has 2 atom stereocenters. The Morgan fingerprint density at radius 1 is 0.753 bits per heavy atom. The standard InChI is InChI=1S/C50H45F4N9O10/c1-26-6-8-61-37(22-31-24-59(10-12-72-31)49(68)70-2)47(57-40(61)14-26)45-35(53)20-30(21-36(45)54)63-43(66)17-28(48(63)67)15-27-7-9-62-38(23-32-25-60(11-13-73-32)50(69)71-3)46(58-41(62)16-27)44-33(51)18-29(19-34(44)52)56-42(65)5-4-39(55)64/h4-9,14,16-21,31-32H,10-13,15,22-25H2,1-3H3,(H2,55,64)(H,56,65)/b5-4+/t31-,32-/m0/s1. The summed E-state index contributed by atoms with van der Waals surface area (Å²) in [5.41, 5.74) is 5.52. The molecule has 6 aromatic rings. The molecule has 9 rings (SSSR count). The molecule has 0 saturated carbocycles. The lowest BCUT2D eigenvalue weighted by Crippen LogP contribution is -2.46. The lowest BCUT2D eigenvalue weighted by molar-refractivity contribution is -0.120. The van der Waals surface area contributed by atoms with Gasteiger partial charge in [-0.3, -0.25) is 19.2 Å². The molecule has 4 aromatic heterocycles. The van der Waals surface area contributed by atoms with Gasteiger partial charge in [0.05, 0.1) is 92.3 Å². The van der Waals surface area contributed by atoms with E-state index in [1.165, 1.54) is 30.1 Å². The van der Waals surface area contributed by atoms with Crippen LogP contribution in [0.5, 0.6) is 0 Å². The monoisotopic (exact) mass is 1010 g/mol. The Kier molecular flexibility index (Phi) is 13.8. The number of carbonyl (C=O) groups is 6. The van der Waals surface area contributed by atoms with Gasteiger partial charge in [-0.05, 0) is 66.6 Å². The minimum atomic E-state index is -1.11. The van der Waals surface area contributed by atoms with Gasteiger partial charge in [0.25, 0.3) is 11.8 Å². The molecule has 0 unspecified atom stereocenters. The number of morpholine rings is 2. The predicted molar refractivity (Wildman–Crippen MR) is 252 cm³/mol. The second-order valence-corrected chi connectivity index (χ2v) is 17.4. The number of nitrogens with zero attached hydrogens (tertiary/aromatic N) is 7. The van der Waals surface area contributed by atoms with Gasteiger partial charge in [0.2, 0.25) is 11.8 Å². The summed E-state index contributed by atoms with van der Waals surface area (Å²) in [6, 6.07) is 10.1. The molecular weight excluding hydrogens is 963 g/mol. The fraction of sp³-hybridized carbons (Fsp3) is 0.280. The Hall–Kier alpha value is -8.44. The summed E-state index contributed by atoms with van der Waals surface area (Å²) in [5.74, 6) is -7.96. The number of carbonyl (C=O) groups excluding carboxylic acids is 6. The molecule has 6 amide bonds. The number of aromatic nitrogens is 4. The van der Waals surface area contributed by atoms with Crippen molar-refractivity contribution in [2.45, 2.75) is 38.4 Å². The predicted octanol–water partition coefficient (Wildman–Crippen LogP) is 5.22. The third-order valence-electron chi connectivity index (χ3n) is 12.5.